The average Bonchev–Trinajstić information content (AvgIpc) is 2.50. The lowest BCUT2D eigenvalue weighted by Crippen LogP contribution is -2.48. The Hall–Kier alpha value is -2.12. The topological polar surface area (TPSA) is 85.3 Å². The molecule has 1 N–H and O–H groups in total. The number of anilines is 1. The molecule has 1 amide bonds. The van der Waals surface area contributed by atoms with Gasteiger partial charge in [0.05, 0.1) is 25.4 Å². The molecule has 21 heavy (non-hydrogen) atoms. The van der Waals surface area contributed by atoms with Crippen LogP contribution in [0.25, 0.3) is 0 Å². The molecule has 0 saturated heterocycles. The quantitative estimate of drug-likeness (QED) is 0.770. The van der Waals surface area contributed by atoms with Gasteiger partial charge in [-0.25, -0.2) is 4.79 Å². The molecule has 0 aromatic heterocycles. The van der Waals surface area contributed by atoms with Crippen LogP contribution in [0.15, 0.2) is 24.3 Å². The zero-order chi connectivity index (χ0) is 15.2. The number of para-hydroxylation sites is 2. The third-order valence-corrected chi connectivity index (χ3v) is 3.01. The van der Waals surface area contributed by atoms with Gasteiger partial charge in [0.1, 0.15) is 12.4 Å². The van der Waals surface area contributed by atoms with E-state index in [9.17, 15) is 9.59 Å². The van der Waals surface area contributed by atoms with E-state index in [0.717, 1.165) is 0 Å². The number of hydrogen-bond acceptors (Lipinski definition) is 5. The maximum absolute atomic E-state index is 12.2. The zero-order valence-electron chi connectivity index (χ0n) is 11.7. The van der Waals surface area contributed by atoms with Crippen LogP contribution in [0.3, 0.4) is 0 Å². The Bertz CT molecular complexity index is 518. The lowest BCUT2D eigenvalue weighted by Gasteiger charge is -2.32. The molecule has 0 saturated carbocycles. The van der Waals surface area contributed by atoms with E-state index in [1.807, 2.05) is 0 Å². The second-order valence-corrected chi connectivity index (χ2v) is 4.46. The van der Waals surface area contributed by atoms with Crippen molar-refractivity contribution in [3.8, 4) is 5.75 Å². The summed E-state index contributed by atoms with van der Waals surface area (Å²) in [5, 5.41) is 9.10. The fraction of sp³-hybridized carbons (Fsp3) is 0.429. The standard InChI is InChI=1S/C14H17NO6/c1-19-6-7-20-9-13(16)15-8-12(14(17)18)21-11-5-3-2-4-10(11)15/h2-5,12H,6-9H2,1H3,(H,17,18). The predicted molar refractivity (Wildman–Crippen MR) is 73.5 cm³/mol. The first-order valence-electron chi connectivity index (χ1n) is 6.49. The van der Waals surface area contributed by atoms with Crippen molar-refractivity contribution >= 4 is 17.6 Å². The second kappa shape index (κ2) is 7.05. The minimum atomic E-state index is -1.11. The van der Waals surface area contributed by atoms with Crippen molar-refractivity contribution in [1.82, 2.24) is 0 Å². The number of carbonyl (C=O) groups excluding carboxylic acids is 1. The average molecular weight is 295 g/mol. The molecule has 0 bridgehead atoms. The molecule has 0 aliphatic carbocycles. The minimum Gasteiger partial charge on any atom is -0.478 e. The second-order valence-electron chi connectivity index (χ2n) is 4.46. The summed E-state index contributed by atoms with van der Waals surface area (Å²) in [5.41, 5.74) is 0.551. The Labute approximate surface area is 122 Å². The van der Waals surface area contributed by atoms with Crippen LogP contribution in [0.5, 0.6) is 5.75 Å². The summed E-state index contributed by atoms with van der Waals surface area (Å²) in [5.74, 6) is -1.04. The molecule has 0 spiro atoms. The van der Waals surface area contributed by atoms with Crippen LogP contribution >= 0.6 is 0 Å². The number of rotatable bonds is 6. The number of fused-ring (bicyclic) bond motifs is 1. The van der Waals surface area contributed by atoms with E-state index in [-0.39, 0.29) is 19.1 Å². The van der Waals surface area contributed by atoms with Crippen molar-refractivity contribution < 1.29 is 28.9 Å². The van der Waals surface area contributed by atoms with Gasteiger partial charge >= 0.3 is 5.97 Å². The van der Waals surface area contributed by atoms with Crippen molar-refractivity contribution in [3.05, 3.63) is 24.3 Å². The largest absolute Gasteiger partial charge is 0.478 e. The van der Waals surface area contributed by atoms with E-state index in [4.69, 9.17) is 19.3 Å². The number of nitrogens with zero attached hydrogens (tertiary/aromatic N) is 1. The van der Waals surface area contributed by atoms with Gasteiger partial charge in [-0.15, -0.1) is 0 Å². The molecule has 1 aromatic rings. The van der Waals surface area contributed by atoms with Crippen molar-refractivity contribution in [2.75, 3.05) is 38.4 Å². The highest BCUT2D eigenvalue weighted by atomic mass is 16.5. The van der Waals surface area contributed by atoms with Gasteiger partial charge in [-0.3, -0.25) is 4.79 Å². The van der Waals surface area contributed by atoms with Crippen LogP contribution in [0, 0.1) is 0 Å². The summed E-state index contributed by atoms with van der Waals surface area (Å²) in [6.45, 7) is 0.518. The van der Waals surface area contributed by atoms with E-state index in [1.54, 1.807) is 31.4 Å². The van der Waals surface area contributed by atoms with Crippen LogP contribution < -0.4 is 9.64 Å². The van der Waals surface area contributed by atoms with Crippen molar-refractivity contribution in [2.45, 2.75) is 6.10 Å². The molecule has 1 aliphatic heterocycles. The molecule has 1 aliphatic rings. The third-order valence-electron chi connectivity index (χ3n) is 3.01. The maximum Gasteiger partial charge on any atom is 0.346 e. The first-order chi connectivity index (χ1) is 10.1. The molecule has 0 radical (unpaired) electrons. The van der Waals surface area contributed by atoms with E-state index in [1.165, 1.54) is 4.90 Å². The van der Waals surface area contributed by atoms with Crippen molar-refractivity contribution in [1.29, 1.82) is 0 Å². The smallest absolute Gasteiger partial charge is 0.346 e. The van der Waals surface area contributed by atoms with Crippen LogP contribution in [-0.2, 0) is 19.1 Å². The Morgan fingerprint density at radius 1 is 1.38 bits per heavy atom. The molecule has 7 nitrogen and oxygen atoms in total. The highest BCUT2D eigenvalue weighted by Crippen LogP contribution is 2.33. The van der Waals surface area contributed by atoms with Gasteiger partial charge in [0.15, 0.2) is 0 Å². The lowest BCUT2D eigenvalue weighted by atomic mass is 10.2. The van der Waals surface area contributed by atoms with Gasteiger partial charge in [0, 0.05) is 7.11 Å². The Kier molecular flexibility index (Phi) is 5.13. The summed E-state index contributed by atoms with van der Waals surface area (Å²) in [7, 11) is 1.54. The normalized spacial score (nSPS) is 17.0. The first-order valence-corrected chi connectivity index (χ1v) is 6.49. The predicted octanol–water partition coefficient (Wildman–Crippen LogP) is 0.528. The van der Waals surface area contributed by atoms with E-state index >= 15 is 0 Å². The summed E-state index contributed by atoms with van der Waals surface area (Å²) >= 11 is 0. The molecule has 114 valence electrons. The van der Waals surface area contributed by atoms with E-state index in [2.05, 4.69) is 0 Å². The van der Waals surface area contributed by atoms with Crippen molar-refractivity contribution in [2.24, 2.45) is 0 Å². The maximum atomic E-state index is 12.2. The fourth-order valence-electron chi connectivity index (χ4n) is 1.98. The summed E-state index contributed by atoms with van der Waals surface area (Å²) < 4.78 is 15.4. The van der Waals surface area contributed by atoms with Crippen LogP contribution in [0.2, 0.25) is 0 Å². The van der Waals surface area contributed by atoms with Crippen molar-refractivity contribution in [3.63, 3.8) is 0 Å². The molecule has 0 fully saturated rings. The van der Waals surface area contributed by atoms with Crippen LogP contribution in [-0.4, -0.2) is 56.6 Å². The highest BCUT2D eigenvalue weighted by Gasteiger charge is 2.33. The van der Waals surface area contributed by atoms with Gasteiger partial charge in [0.25, 0.3) is 5.91 Å². The number of methoxy groups -OCH3 is 1. The first kappa shape index (κ1) is 15.3. The third kappa shape index (κ3) is 3.71. The molecule has 1 aromatic carbocycles. The summed E-state index contributed by atoms with van der Waals surface area (Å²) in [4.78, 5) is 24.7. The van der Waals surface area contributed by atoms with Gasteiger partial charge in [-0.2, -0.15) is 0 Å². The number of carboxylic acid groups (broad SMARTS) is 1. The van der Waals surface area contributed by atoms with Gasteiger partial charge in [0.2, 0.25) is 6.10 Å². The molecule has 7 heteroatoms. The lowest BCUT2D eigenvalue weighted by molar-refractivity contribution is -0.145. The molecule has 1 atom stereocenters. The van der Waals surface area contributed by atoms with Crippen LogP contribution in [0.4, 0.5) is 5.69 Å². The summed E-state index contributed by atoms with van der Waals surface area (Å²) in [6, 6.07) is 6.83. The van der Waals surface area contributed by atoms with Gasteiger partial charge in [-0.1, -0.05) is 12.1 Å². The molecule has 2 rings (SSSR count). The number of hydrogen-bond donors (Lipinski definition) is 1. The molecule has 1 unspecified atom stereocenters. The molecule has 1 heterocycles. The number of carboxylic acids is 1. The molecular formula is C14H17NO6. The number of amides is 1. The minimum absolute atomic E-state index is 0.0428. The molecular weight excluding hydrogens is 278 g/mol. The monoisotopic (exact) mass is 295 g/mol. The van der Waals surface area contributed by atoms with Crippen LogP contribution in [0.1, 0.15) is 0 Å². The number of ether oxygens (including phenoxy) is 3. The Balaban J connectivity index is 2.09. The number of benzene rings is 1. The number of aliphatic carboxylic acids is 1. The SMILES string of the molecule is COCCOCC(=O)N1CC(C(=O)O)Oc2ccccc21. The van der Waals surface area contributed by atoms with E-state index < -0.39 is 12.1 Å². The highest BCUT2D eigenvalue weighted by molar-refractivity contribution is 5.97. The Morgan fingerprint density at radius 3 is 2.86 bits per heavy atom. The summed E-state index contributed by atoms with van der Waals surface area (Å²) in [6.07, 6.45) is -1.08. The fourth-order valence-corrected chi connectivity index (χ4v) is 1.98. The van der Waals surface area contributed by atoms with E-state index in [0.29, 0.717) is 24.7 Å². The van der Waals surface area contributed by atoms with Gasteiger partial charge in [-0.05, 0) is 12.1 Å². The number of carbonyl (C=O) groups is 2. The zero-order valence-corrected chi connectivity index (χ0v) is 11.7. The Morgan fingerprint density at radius 2 is 2.14 bits per heavy atom. The van der Waals surface area contributed by atoms with Gasteiger partial charge < -0.3 is 24.2 Å².